The van der Waals surface area contributed by atoms with Crippen molar-refractivity contribution in [3.05, 3.63) is 47.3 Å². The third-order valence-corrected chi connectivity index (χ3v) is 6.59. The van der Waals surface area contributed by atoms with E-state index in [4.69, 9.17) is 4.74 Å². The van der Waals surface area contributed by atoms with Crippen LogP contribution in [0.15, 0.2) is 46.9 Å². The molecule has 3 aromatic rings. The molecular formula is C22H23N5O4S2. The lowest BCUT2D eigenvalue weighted by Crippen LogP contribution is -2.25. The van der Waals surface area contributed by atoms with Crippen molar-refractivity contribution >= 4 is 46.6 Å². The highest BCUT2D eigenvalue weighted by atomic mass is 32.2. The fraction of sp³-hybridized carbons (Fsp3) is 0.318. The van der Waals surface area contributed by atoms with Crippen molar-refractivity contribution < 1.29 is 19.1 Å². The highest BCUT2D eigenvalue weighted by Gasteiger charge is 2.24. The minimum absolute atomic E-state index is 0.00662. The van der Waals surface area contributed by atoms with Crippen molar-refractivity contribution in [1.29, 1.82) is 0 Å². The molecule has 2 amide bonds. The molecular weight excluding hydrogens is 462 g/mol. The van der Waals surface area contributed by atoms with Crippen molar-refractivity contribution in [3.63, 3.8) is 0 Å². The number of nitrogens with one attached hydrogen (secondary N) is 2. The molecule has 0 saturated heterocycles. The van der Waals surface area contributed by atoms with Crippen molar-refractivity contribution in [1.82, 2.24) is 20.1 Å². The average Bonchev–Trinajstić information content (AvgIpc) is 3.29. The molecule has 0 atom stereocenters. The number of hydrogen-bond acceptors (Lipinski definition) is 8. The molecule has 0 aliphatic heterocycles. The van der Waals surface area contributed by atoms with E-state index in [1.54, 1.807) is 35.6 Å². The monoisotopic (exact) mass is 485 g/mol. The lowest BCUT2D eigenvalue weighted by molar-refractivity contribution is -0.144. The normalized spacial score (nSPS) is 12.9. The Balaban J connectivity index is 1.24. The summed E-state index contributed by atoms with van der Waals surface area (Å²) >= 11 is 2.78. The van der Waals surface area contributed by atoms with Crippen LogP contribution in [0.25, 0.3) is 10.7 Å². The number of hydrogen-bond donors (Lipinski definition) is 2. The summed E-state index contributed by atoms with van der Waals surface area (Å²) in [6.07, 6.45) is 2.00. The van der Waals surface area contributed by atoms with Gasteiger partial charge in [0.1, 0.15) is 0 Å². The molecule has 4 rings (SSSR count). The Bertz CT molecular complexity index is 1140. The predicted molar refractivity (Wildman–Crippen MR) is 126 cm³/mol. The summed E-state index contributed by atoms with van der Waals surface area (Å²) in [6.45, 7) is 2.23. The molecule has 0 radical (unpaired) electrons. The van der Waals surface area contributed by atoms with Crippen LogP contribution in [0.5, 0.6) is 0 Å². The molecule has 0 bridgehead atoms. The Kier molecular flexibility index (Phi) is 7.40. The average molecular weight is 486 g/mol. The molecule has 2 aromatic heterocycles. The third kappa shape index (κ3) is 6.20. The van der Waals surface area contributed by atoms with Gasteiger partial charge in [0, 0.05) is 23.8 Å². The second kappa shape index (κ2) is 10.6. The highest BCUT2D eigenvalue weighted by molar-refractivity contribution is 7.99. The molecule has 0 spiro atoms. The van der Waals surface area contributed by atoms with Crippen LogP contribution in [0.2, 0.25) is 0 Å². The standard InChI is InChI=1S/C22H23N5O4S2/c1-2-27-20(17-7-4-10-32-17)25-26-22(27)33-13-19(29)31-12-18(28)23-16-6-3-5-14(11-16)21(30)24-15-8-9-15/h3-7,10-11,15H,2,8-9,12-13H2,1H3,(H,23,28)(H,24,30). The molecule has 1 saturated carbocycles. The first-order valence-corrected chi connectivity index (χ1v) is 12.4. The van der Waals surface area contributed by atoms with E-state index < -0.39 is 18.5 Å². The van der Waals surface area contributed by atoms with Crippen molar-refractivity contribution in [2.24, 2.45) is 0 Å². The fourth-order valence-corrected chi connectivity index (χ4v) is 4.53. The van der Waals surface area contributed by atoms with Crippen LogP contribution in [0.3, 0.4) is 0 Å². The van der Waals surface area contributed by atoms with Crippen LogP contribution < -0.4 is 10.6 Å². The van der Waals surface area contributed by atoms with Gasteiger partial charge in [0.15, 0.2) is 17.6 Å². The van der Waals surface area contributed by atoms with Crippen LogP contribution >= 0.6 is 23.1 Å². The van der Waals surface area contributed by atoms with Gasteiger partial charge in [0.05, 0.1) is 10.6 Å². The number of thiophene rings is 1. The molecule has 0 unspecified atom stereocenters. The first-order valence-electron chi connectivity index (χ1n) is 10.5. The smallest absolute Gasteiger partial charge is 0.316 e. The number of thioether (sulfide) groups is 1. The highest BCUT2D eigenvalue weighted by Crippen LogP contribution is 2.27. The van der Waals surface area contributed by atoms with Gasteiger partial charge >= 0.3 is 5.97 Å². The molecule has 33 heavy (non-hydrogen) atoms. The number of amides is 2. The van der Waals surface area contributed by atoms with Crippen LogP contribution in [-0.4, -0.2) is 50.9 Å². The maximum Gasteiger partial charge on any atom is 0.316 e. The second-order valence-electron chi connectivity index (χ2n) is 7.35. The van der Waals surface area contributed by atoms with Crippen LogP contribution in [0, 0.1) is 0 Å². The molecule has 1 aromatic carbocycles. The number of aromatic nitrogens is 3. The Morgan fingerprint density at radius 3 is 2.79 bits per heavy atom. The minimum atomic E-state index is -0.531. The summed E-state index contributed by atoms with van der Waals surface area (Å²) in [5.74, 6) is -0.414. The summed E-state index contributed by atoms with van der Waals surface area (Å²) in [5, 5.41) is 16.5. The molecule has 9 nitrogen and oxygen atoms in total. The Labute approximate surface area is 198 Å². The quantitative estimate of drug-likeness (QED) is 0.335. The zero-order valence-electron chi connectivity index (χ0n) is 17.9. The van der Waals surface area contributed by atoms with Gasteiger partial charge in [-0.3, -0.25) is 14.4 Å². The Morgan fingerprint density at radius 2 is 2.06 bits per heavy atom. The number of esters is 1. The minimum Gasteiger partial charge on any atom is -0.455 e. The van der Waals surface area contributed by atoms with Crippen molar-refractivity contribution in [2.75, 3.05) is 17.7 Å². The van der Waals surface area contributed by atoms with E-state index in [1.165, 1.54) is 11.8 Å². The van der Waals surface area contributed by atoms with Gasteiger partial charge < -0.3 is 19.9 Å². The van der Waals surface area contributed by atoms with Gasteiger partial charge in [-0.05, 0) is 49.4 Å². The molecule has 2 heterocycles. The van der Waals surface area contributed by atoms with E-state index in [1.807, 2.05) is 29.0 Å². The lowest BCUT2D eigenvalue weighted by atomic mass is 10.2. The number of nitrogens with zero attached hydrogens (tertiary/aromatic N) is 3. The summed E-state index contributed by atoms with van der Waals surface area (Å²) < 4.78 is 7.02. The first kappa shape index (κ1) is 23.0. The van der Waals surface area contributed by atoms with E-state index in [-0.39, 0.29) is 17.7 Å². The zero-order valence-corrected chi connectivity index (χ0v) is 19.6. The lowest BCUT2D eigenvalue weighted by Gasteiger charge is -2.09. The van der Waals surface area contributed by atoms with E-state index in [9.17, 15) is 14.4 Å². The maximum absolute atomic E-state index is 12.2. The molecule has 11 heteroatoms. The van der Waals surface area contributed by atoms with Crippen molar-refractivity contribution in [3.8, 4) is 10.7 Å². The maximum atomic E-state index is 12.2. The Hall–Kier alpha value is -3.18. The number of carbonyl (C=O) groups excluding carboxylic acids is 3. The van der Waals surface area contributed by atoms with Gasteiger partial charge in [-0.15, -0.1) is 21.5 Å². The molecule has 1 aliphatic rings. The third-order valence-electron chi connectivity index (χ3n) is 4.78. The van der Waals surface area contributed by atoms with Gasteiger partial charge in [-0.1, -0.05) is 23.9 Å². The van der Waals surface area contributed by atoms with E-state index >= 15 is 0 Å². The summed E-state index contributed by atoms with van der Waals surface area (Å²) in [6, 6.07) is 10.8. The molecule has 2 N–H and O–H groups in total. The van der Waals surface area contributed by atoms with Crippen LogP contribution in [0.1, 0.15) is 30.1 Å². The van der Waals surface area contributed by atoms with Crippen LogP contribution in [-0.2, 0) is 20.9 Å². The SMILES string of the molecule is CCn1c(SCC(=O)OCC(=O)Nc2cccc(C(=O)NC3CC3)c2)nnc1-c1cccs1. The topological polar surface area (TPSA) is 115 Å². The zero-order chi connectivity index (χ0) is 23.2. The molecule has 1 fully saturated rings. The number of rotatable bonds is 10. The van der Waals surface area contributed by atoms with Crippen LogP contribution in [0.4, 0.5) is 5.69 Å². The number of anilines is 1. The van der Waals surface area contributed by atoms with Gasteiger partial charge in [0.25, 0.3) is 11.8 Å². The van der Waals surface area contributed by atoms with Gasteiger partial charge in [0.2, 0.25) is 0 Å². The van der Waals surface area contributed by atoms with E-state index in [0.717, 1.165) is 23.5 Å². The largest absolute Gasteiger partial charge is 0.455 e. The summed E-state index contributed by atoms with van der Waals surface area (Å²) in [5.41, 5.74) is 0.932. The molecule has 1 aliphatic carbocycles. The van der Waals surface area contributed by atoms with E-state index in [2.05, 4.69) is 20.8 Å². The first-order chi connectivity index (χ1) is 16.0. The van der Waals surface area contributed by atoms with E-state index in [0.29, 0.717) is 23.0 Å². The van der Waals surface area contributed by atoms with Gasteiger partial charge in [-0.2, -0.15) is 0 Å². The summed E-state index contributed by atoms with van der Waals surface area (Å²) in [4.78, 5) is 37.5. The number of benzene rings is 1. The van der Waals surface area contributed by atoms with Crippen molar-refractivity contribution in [2.45, 2.75) is 37.5 Å². The number of carbonyl (C=O) groups is 3. The Morgan fingerprint density at radius 1 is 1.21 bits per heavy atom. The van der Waals surface area contributed by atoms with Gasteiger partial charge in [-0.25, -0.2) is 0 Å². The molecule has 172 valence electrons. The predicted octanol–water partition coefficient (Wildman–Crippen LogP) is 3.19. The second-order valence-corrected chi connectivity index (χ2v) is 9.24. The summed E-state index contributed by atoms with van der Waals surface area (Å²) in [7, 11) is 0. The fourth-order valence-electron chi connectivity index (χ4n) is 3.01. The number of ether oxygens (including phenoxy) is 1.